The van der Waals surface area contributed by atoms with E-state index < -0.39 is 15.6 Å². The standard InChI is InChI=1S/C31H36ClN3O4S/c1-31(2,36)23-10-13-30-28(18-23)26(27-6-4-15-33-29(27)21-39-30)7-5-16-34-17-14-25(20-34)35(40(3,37)38)19-22-8-11-24(32)12-9-22/h4,6-13,15,18,25,36H,5,14,16-17,19-21H2,1-3H3/t25-/m0/s1. The predicted octanol–water partition coefficient (Wildman–Crippen LogP) is 5.21. The molecular formula is C31H36ClN3O4S. The lowest BCUT2D eigenvalue weighted by molar-refractivity contribution is 0.0785. The third-order valence-electron chi connectivity index (χ3n) is 7.65. The molecule has 2 aliphatic heterocycles. The Morgan fingerprint density at radius 2 is 1.95 bits per heavy atom. The molecule has 0 saturated carbocycles. The molecule has 1 fully saturated rings. The second-order valence-corrected chi connectivity index (χ2v) is 13.5. The molecule has 1 N–H and O–H groups in total. The molecule has 0 spiro atoms. The summed E-state index contributed by atoms with van der Waals surface area (Å²) in [5, 5.41) is 11.3. The Labute approximate surface area is 242 Å². The summed E-state index contributed by atoms with van der Waals surface area (Å²) in [5.41, 5.74) is 4.64. The van der Waals surface area contributed by atoms with Crippen molar-refractivity contribution in [2.45, 2.75) is 51.5 Å². The van der Waals surface area contributed by atoms with Crippen LogP contribution in [0, 0.1) is 0 Å². The second kappa shape index (κ2) is 11.6. The van der Waals surface area contributed by atoms with Gasteiger partial charge in [0.1, 0.15) is 12.4 Å². The van der Waals surface area contributed by atoms with E-state index in [-0.39, 0.29) is 6.04 Å². The molecule has 0 bridgehead atoms. The van der Waals surface area contributed by atoms with E-state index in [9.17, 15) is 13.5 Å². The summed E-state index contributed by atoms with van der Waals surface area (Å²) in [6, 6.07) is 17.1. The third kappa shape index (κ3) is 6.58. The monoisotopic (exact) mass is 581 g/mol. The van der Waals surface area contributed by atoms with Crippen molar-refractivity contribution in [1.29, 1.82) is 0 Å². The van der Waals surface area contributed by atoms with E-state index >= 15 is 0 Å². The molecule has 3 heterocycles. The normalized spacial score (nSPS) is 18.9. The Morgan fingerprint density at radius 1 is 1.18 bits per heavy atom. The van der Waals surface area contributed by atoms with Gasteiger partial charge in [0, 0.05) is 48.0 Å². The quantitative estimate of drug-likeness (QED) is 0.393. The van der Waals surface area contributed by atoms with Gasteiger partial charge in [0.2, 0.25) is 10.0 Å². The molecule has 2 aliphatic rings. The Kier molecular flexibility index (Phi) is 8.36. The van der Waals surface area contributed by atoms with Gasteiger partial charge in [-0.2, -0.15) is 4.31 Å². The molecule has 1 aromatic heterocycles. The smallest absolute Gasteiger partial charge is 0.211 e. The van der Waals surface area contributed by atoms with Gasteiger partial charge in [0.25, 0.3) is 0 Å². The minimum Gasteiger partial charge on any atom is -0.487 e. The zero-order valence-corrected chi connectivity index (χ0v) is 24.8. The summed E-state index contributed by atoms with van der Waals surface area (Å²) in [6.45, 7) is 6.60. The summed E-state index contributed by atoms with van der Waals surface area (Å²) >= 11 is 6.02. The highest BCUT2D eigenvalue weighted by molar-refractivity contribution is 7.88. The van der Waals surface area contributed by atoms with Crippen molar-refractivity contribution in [3.8, 4) is 5.75 Å². The fraction of sp³-hybridized carbons (Fsp3) is 0.387. The van der Waals surface area contributed by atoms with Crippen LogP contribution in [0.2, 0.25) is 5.02 Å². The first kappa shape index (κ1) is 28.8. The minimum absolute atomic E-state index is 0.0791. The lowest BCUT2D eigenvalue weighted by Gasteiger charge is -2.27. The Morgan fingerprint density at radius 3 is 2.67 bits per heavy atom. The highest BCUT2D eigenvalue weighted by Gasteiger charge is 2.33. The fourth-order valence-electron chi connectivity index (χ4n) is 5.48. The fourth-order valence-corrected chi connectivity index (χ4v) is 6.71. The zero-order chi connectivity index (χ0) is 28.5. The van der Waals surface area contributed by atoms with Gasteiger partial charge >= 0.3 is 0 Å². The number of hydrogen-bond acceptors (Lipinski definition) is 6. The van der Waals surface area contributed by atoms with Crippen molar-refractivity contribution >= 4 is 27.2 Å². The summed E-state index contributed by atoms with van der Waals surface area (Å²) in [4.78, 5) is 6.89. The average molecular weight is 582 g/mol. The van der Waals surface area contributed by atoms with Gasteiger partial charge in [-0.15, -0.1) is 0 Å². The van der Waals surface area contributed by atoms with Gasteiger partial charge in [0.05, 0.1) is 17.6 Å². The van der Waals surface area contributed by atoms with Crippen LogP contribution in [0.4, 0.5) is 0 Å². The van der Waals surface area contributed by atoms with Crippen LogP contribution in [0.5, 0.6) is 5.75 Å². The third-order valence-corrected chi connectivity index (χ3v) is 9.18. The highest BCUT2D eigenvalue weighted by atomic mass is 35.5. The van der Waals surface area contributed by atoms with Gasteiger partial charge in [-0.05, 0) is 80.3 Å². The van der Waals surface area contributed by atoms with Crippen molar-refractivity contribution in [3.63, 3.8) is 0 Å². The van der Waals surface area contributed by atoms with E-state index in [1.807, 2.05) is 36.4 Å². The number of nitrogens with zero attached hydrogens (tertiary/aromatic N) is 3. The molecule has 1 atom stereocenters. The summed E-state index contributed by atoms with van der Waals surface area (Å²) in [5.74, 6) is 0.768. The topological polar surface area (TPSA) is 83.0 Å². The van der Waals surface area contributed by atoms with Crippen LogP contribution >= 0.6 is 11.6 Å². The maximum absolute atomic E-state index is 12.7. The number of fused-ring (bicyclic) bond motifs is 2. The molecule has 40 heavy (non-hydrogen) atoms. The van der Waals surface area contributed by atoms with E-state index in [1.54, 1.807) is 36.5 Å². The predicted molar refractivity (Wildman–Crippen MR) is 159 cm³/mol. The second-order valence-electron chi connectivity index (χ2n) is 11.1. The molecule has 1 saturated heterocycles. The molecule has 0 unspecified atom stereocenters. The van der Waals surface area contributed by atoms with E-state index in [1.165, 1.54) is 6.26 Å². The number of aromatic nitrogens is 1. The maximum atomic E-state index is 12.7. The number of ether oxygens (including phenoxy) is 1. The Bertz CT molecular complexity index is 1500. The van der Waals surface area contributed by atoms with E-state index in [0.717, 1.165) is 65.2 Å². The van der Waals surface area contributed by atoms with Crippen LogP contribution < -0.4 is 4.74 Å². The van der Waals surface area contributed by atoms with Crippen molar-refractivity contribution in [3.05, 3.63) is 99.8 Å². The summed E-state index contributed by atoms with van der Waals surface area (Å²) in [7, 11) is -3.38. The molecule has 0 aliphatic carbocycles. The lowest BCUT2D eigenvalue weighted by Crippen LogP contribution is -2.41. The highest BCUT2D eigenvalue weighted by Crippen LogP contribution is 2.38. The summed E-state index contributed by atoms with van der Waals surface area (Å²) in [6.07, 6.45) is 6.85. The number of likely N-dealkylation sites (tertiary alicyclic amines) is 1. The Balaban J connectivity index is 1.34. The lowest BCUT2D eigenvalue weighted by atomic mass is 9.90. The first-order valence-electron chi connectivity index (χ1n) is 13.6. The number of rotatable bonds is 8. The van der Waals surface area contributed by atoms with Crippen molar-refractivity contribution in [1.82, 2.24) is 14.2 Å². The van der Waals surface area contributed by atoms with Crippen LogP contribution in [0.25, 0.3) is 5.57 Å². The molecule has 3 aromatic rings. The van der Waals surface area contributed by atoms with Crippen LogP contribution in [0.15, 0.2) is 66.9 Å². The van der Waals surface area contributed by atoms with Crippen LogP contribution in [-0.4, -0.2) is 59.6 Å². The number of pyridine rings is 1. The van der Waals surface area contributed by atoms with Crippen molar-refractivity contribution in [2.75, 3.05) is 25.9 Å². The molecule has 212 valence electrons. The molecular weight excluding hydrogens is 546 g/mol. The molecule has 7 nitrogen and oxygen atoms in total. The largest absolute Gasteiger partial charge is 0.487 e. The van der Waals surface area contributed by atoms with Crippen LogP contribution in [0.1, 0.15) is 54.6 Å². The molecule has 9 heteroatoms. The number of aliphatic hydroxyl groups is 1. The number of sulfonamides is 1. The number of hydrogen-bond donors (Lipinski definition) is 1. The molecule has 0 radical (unpaired) electrons. The minimum atomic E-state index is -3.38. The zero-order valence-electron chi connectivity index (χ0n) is 23.2. The average Bonchev–Trinajstić information content (AvgIpc) is 3.30. The molecule has 2 aromatic carbocycles. The van der Waals surface area contributed by atoms with Gasteiger partial charge in [0.15, 0.2) is 0 Å². The first-order chi connectivity index (χ1) is 19.0. The number of halogens is 1. The van der Waals surface area contributed by atoms with Gasteiger partial charge in [-0.25, -0.2) is 8.42 Å². The number of benzene rings is 2. The summed E-state index contributed by atoms with van der Waals surface area (Å²) < 4.78 is 33.2. The van der Waals surface area contributed by atoms with E-state index in [4.69, 9.17) is 16.3 Å². The first-order valence-corrected chi connectivity index (χ1v) is 15.8. The van der Waals surface area contributed by atoms with Crippen LogP contribution in [0.3, 0.4) is 0 Å². The van der Waals surface area contributed by atoms with Crippen LogP contribution in [-0.2, 0) is 28.8 Å². The van der Waals surface area contributed by atoms with Gasteiger partial charge < -0.3 is 14.7 Å². The SMILES string of the molecule is CC(C)(O)c1ccc2c(c1)C(=CCCN1CC[C@H](N(Cc3ccc(Cl)cc3)S(C)(=O)=O)C1)c1cccnc1CO2. The Hall–Kier alpha value is -2.75. The van der Waals surface area contributed by atoms with Gasteiger partial charge in [-0.1, -0.05) is 41.9 Å². The van der Waals surface area contributed by atoms with Crippen molar-refractivity contribution in [2.24, 2.45) is 0 Å². The molecule has 5 rings (SSSR count). The van der Waals surface area contributed by atoms with Crippen molar-refractivity contribution < 1.29 is 18.3 Å². The maximum Gasteiger partial charge on any atom is 0.211 e. The molecule has 0 amide bonds. The van der Waals surface area contributed by atoms with Gasteiger partial charge in [-0.3, -0.25) is 4.98 Å². The van der Waals surface area contributed by atoms with E-state index in [2.05, 4.69) is 22.0 Å². The van der Waals surface area contributed by atoms with E-state index in [0.29, 0.717) is 24.7 Å².